The summed E-state index contributed by atoms with van der Waals surface area (Å²) in [5.74, 6) is 0.961. The van der Waals surface area contributed by atoms with Crippen molar-refractivity contribution in [1.82, 2.24) is 9.97 Å². The molecule has 4 rings (SSSR count). The summed E-state index contributed by atoms with van der Waals surface area (Å²) in [4.78, 5) is 21.8. The number of hydrogen-bond donors (Lipinski definition) is 0. The lowest BCUT2D eigenvalue weighted by Crippen LogP contribution is -2.27. The van der Waals surface area contributed by atoms with Crippen molar-refractivity contribution in [3.8, 4) is 17.4 Å². The fourth-order valence-electron chi connectivity index (χ4n) is 2.95. The molecule has 0 saturated heterocycles. The van der Waals surface area contributed by atoms with E-state index in [1.165, 1.54) is 6.20 Å². The average Bonchev–Trinajstić information content (AvgIpc) is 2.79. The number of halogens is 1. The molecule has 0 fully saturated rings. The zero-order valence-corrected chi connectivity index (χ0v) is 18.7. The highest BCUT2D eigenvalue weighted by Gasteiger charge is 2.18. The van der Waals surface area contributed by atoms with E-state index in [1.807, 2.05) is 18.2 Å². The summed E-state index contributed by atoms with van der Waals surface area (Å²) in [6, 6.07) is 12.1. The Labute approximate surface area is 195 Å². The van der Waals surface area contributed by atoms with Crippen LogP contribution in [0.3, 0.4) is 0 Å². The second-order valence-electron chi connectivity index (χ2n) is 7.03. The van der Waals surface area contributed by atoms with Crippen LogP contribution in [-0.2, 0) is 9.53 Å². The Bertz CT molecular complexity index is 1220. The molecule has 0 N–H and O–H groups in total. The third kappa shape index (κ3) is 5.49. The van der Waals surface area contributed by atoms with Gasteiger partial charge < -0.3 is 14.2 Å². The van der Waals surface area contributed by atoms with Crippen LogP contribution in [0.25, 0.3) is 11.0 Å². The van der Waals surface area contributed by atoms with E-state index in [1.54, 1.807) is 49.4 Å². The van der Waals surface area contributed by atoms with E-state index in [4.69, 9.17) is 38.0 Å². The summed E-state index contributed by atoms with van der Waals surface area (Å²) in [6.45, 7) is 1.78. The molecule has 1 heterocycles. The first-order valence-electron chi connectivity index (χ1n) is 9.90. The summed E-state index contributed by atoms with van der Waals surface area (Å²) in [5.41, 5.74) is 2.21. The molecule has 1 atom stereocenters. The lowest BCUT2D eigenvalue weighted by atomic mass is 10.1. The van der Waals surface area contributed by atoms with Gasteiger partial charge in [0, 0.05) is 21.9 Å². The minimum Gasteiger partial charge on any atom is -0.479 e. The maximum atomic E-state index is 12.2. The summed E-state index contributed by atoms with van der Waals surface area (Å²) < 4.78 is 16.8. The standard InChI is InChI=1S/C24H19ClN2O4S/c1-15(24(28)29-14-16-4-2-3-5-22(16)32)30-18-7-9-19(10-8-18)31-23-13-26-21-12-17(25)6-11-20(21)27-23/h2-4,6-13,15H,5,14H2,1H3. The predicted molar refractivity (Wildman–Crippen MR) is 127 cm³/mol. The molecule has 6 nitrogen and oxygen atoms in total. The molecule has 1 aliphatic carbocycles. The van der Waals surface area contributed by atoms with Crippen molar-refractivity contribution < 1.29 is 19.0 Å². The largest absolute Gasteiger partial charge is 0.479 e. The molecule has 162 valence electrons. The number of carbonyl (C=O) groups is 1. The van der Waals surface area contributed by atoms with Gasteiger partial charge in [0.05, 0.1) is 17.2 Å². The van der Waals surface area contributed by atoms with Crippen LogP contribution in [0.4, 0.5) is 0 Å². The van der Waals surface area contributed by atoms with E-state index in [0.29, 0.717) is 39.9 Å². The Kier molecular flexibility index (Phi) is 6.78. The summed E-state index contributed by atoms with van der Waals surface area (Å²) >= 11 is 11.2. The summed E-state index contributed by atoms with van der Waals surface area (Å²) in [6.07, 6.45) is 7.19. The molecular weight excluding hydrogens is 448 g/mol. The quantitative estimate of drug-likeness (QED) is 0.329. The van der Waals surface area contributed by atoms with Crippen molar-refractivity contribution in [3.05, 3.63) is 77.5 Å². The zero-order chi connectivity index (χ0) is 22.5. The third-order valence-corrected chi connectivity index (χ3v) is 5.30. The van der Waals surface area contributed by atoms with Gasteiger partial charge in [-0.05, 0) is 49.4 Å². The van der Waals surface area contributed by atoms with E-state index in [0.717, 1.165) is 10.4 Å². The minimum atomic E-state index is -0.770. The van der Waals surface area contributed by atoms with E-state index >= 15 is 0 Å². The van der Waals surface area contributed by atoms with Crippen molar-refractivity contribution in [1.29, 1.82) is 0 Å². The second kappa shape index (κ2) is 9.89. The average molecular weight is 467 g/mol. The highest BCUT2D eigenvalue weighted by Crippen LogP contribution is 2.25. The molecule has 32 heavy (non-hydrogen) atoms. The van der Waals surface area contributed by atoms with Crippen molar-refractivity contribution >= 4 is 45.7 Å². The zero-order valence-electron chi connectivity index (χ0n) is 17.2. The van der Waals surface area contributed by atoms with Crippen LogP contribution in [0.5, 0.6) is 17.4 Å². The van der Waals surface area contributed by atoms with Gasteiger partial charge in [-0.1, -0.05) is 42.0 Å². The van der Waals surface area contributed by atoms with Crippen molar-refractivity contribution in [2.24, 2.45) is 0 Å². The molecule has 1 unspecified atom stereocenters. The van der Waals surface area contributed by atoms with Gasteiger partial charge in [-0.3, -0.25) is 0 Å². The van der Waals surface area contributed by atoms with Crippen LogP contribution in [0, 0.1) is 0 Å². The maximum absolute atomic E-state index is 12.2. The normalized spacial score (nSPS) is 14.1. The number of aromatic nitrogens is 2. The number of esters is 1. The fraction of sp³-hybridized carbons (Fsp3) is 0.167. The van der Waals surface area contributed by atoms with Crippen molar-refractivity contribution in [2.75, 3.05) is 6.61 Å². The maximum Gasteiger partial charge on any atom is 0.347 e. The lowest BCUT2D eigenvalue weighted by Gasteiger charge is -2.16. The van der Waals surface area contributed by atoms with Crippen LogP contribution in [0.15, 0.2) is 72.5 Å². The van der Waals surface area contributed by atoms with Gasteiger partial charge in [0.25, 0.3) is 0 Å². The first kappa shape index (κ1) is 21.9. The molecule has 1 aliphatic rings. The number of ether oxygens (including phenoxy) is 3. The third-order valence-electron chi connectivity index (χ3n) is 4.64. The van der Waals surface area contributed by atoms with Gasteiger partial charge in [-0.15, -0.1) is 0 Å². The van der Waals surface area contributed by atoms with Crippen LogP contribution < -0.4 is 9.47 Å². The molecule has 0 saturated carbocycles. The molecular formula is C24H19ClN2O4S. The molecule has 0 bridgehead atoms. The van der Waals surface area contributed by atoms with Gasteiger partial charge in [0.1, 0.15) is 18.1 Å². The Morgan fingerprint density at radius 3 is 2.72 bits per heavy atom. The minimum absolute atomic E-state index is 0.140. The number of thiocarbonyl (C=S) groups is 1. The smallest absolute Gasteiger partial charge is 0.347 e. The second-order valence-corrected chi connectivity index (χ2v) is 7.96. The molecule has 0 aliphatic heterocycles. The van der Waals surface area contributed by atoms with Gasteiger partial charge in [-0.2, -0.15) is 0 Å². The Hall–Kier alpha value is -3.29. The number of hydrogen-bond acceptors (Lipinski definition) is 7. The van der Waals surface area contributed by atoms with E-state index < -0.39 is 12.1 Å². The number of rotatable bonds is 7. The number of fused-ring (bicyclic) bond motifs is 1. The molecule has 8 heteroatoms. The molecule has 1 aromatic heterocycles. The molecule has 2 aromatic carbocycles. The Balaban J connectivity index is 1.32. The molecule has 0 radical (unpaired) electrons. The Morgan fingerprint density at radius 1 is 1.16 bits per heavy atom. The highest BCUT2D eigenvalue weighted by atomic mass is 35.5. The first-order valence-corrected chi connectivity index (χ1v) is 10.7. The topological polar surface area (TPSA) is 70.5 Å². The lowest BCUT2D eigenvalue weighted by molar-refractivity contribution is -0.149. The van der Waals surface area contributed by atoms with Crippen molar-refractivity contribution in [3.63, 3.8) is 0 Å². The monoisotopic (exact) mass is 466 g/mol. The van der Waals surface area contributed by atoms with E-state index in [-0.39, 0.29) is 6.61 Å². The van der Waals surface area contributed by atoms with Crippen LogP contribution in [0.2, 0.25) is 5.02 Å². The molecule has 0 amide bonds. The molecule has 0 spiro atoms. The number of benzene rings is 2. The predicted octanol–water partition coefficient (Wildman–Crippen LogP) is 5.64. The van der Waals surface area contributed by atoms with E-state index in [2.05, 4.69) is 9.97 Å². The number of carbonyl (C=O) groups excluding carboxylic acids is 1. The van der Waals surface area contributed by atoms with Gasteiger partial charge in [0.15, 0.2) is 6.10 Å². The first-order chi connectivity index (χ1) is 15.5. The van der Waals surface area contributed by atoms with Gasteiger partial charge >= 0.3 is 5.97 Å². The number of allylic oxidation sites excluding steroid dienone is 3. The van der Waals surface area contributed by atoms with Crippen LogP contribution in [0.1, 0.15) is 13.3 Å². The molecule has 3 aromatic rings. The highest BCUT2D eigenvalue weighted by molar-refractivity contribution is 7.80. The van der Waals surface area contributed by atoms with E-state index in [9.17, 15) is 4.79 Å². The van der Waals surface area contributed by atoms with Crippen LogP contribution in [-0.4, -0.2) is 33.5 Å². The Morgan fingerprint density at radius 2 is 1.94 bits per heavy atom. The fourth-order valence-corrected chi connectivity index (χ4v) is 3.34. The summed E-state index contributed by atoms with van der Waals surface area (Å²) in [5, 5.41) is 0.598. The van der Waals surface area contributed by atoms with Crippen molar-refractivity contribution in [2.45, 2.75) is 19.4 Å². The SMILES string of the molecule is CC(Oc1ccc(Oc2cnc3cc(Cl)ccc3n2)cc1)C(=O)OCC1=CC=CCC1=S. The number of nitrogens with zero attached hydrogens (tertiary/aromatic N) is 2. The van der Waals surface area contributed by atoms with Crippen LogP contribution >= 0.6 is 23.8 Å². The van der Waals surface area contributed by atoms with Gasteiger partial charge in [0.2, 0.25) is 5.88 Å². The van der Waals surface area contributed by atoms with Gasteiger partial charge in [-0.25, -0.2) is 14.8 Å². The summed E-state index contributed by atoms with van der Waals surface area (Å²) in [7, 11) is 0.